The number of hydrogen-bond acceptors (Lipinski definition) is 5. The molecule has 1 heterocycles. The lowest BCUT2D eigenvalue weighted by atomic mass is 9.98. The van der Waals surface area contributed by atoms with E-state index in [0.717, 1.165) is 31.4 Å². The Hall–Kier alpha value is -4.06. The number of nitrogens with zero attached hydrogens (tertiary/aromatic N) is 2. The number of furan rings is 1. The number of rotatable bonds is 8. The molecular weight excluding hydrogens is 623 g/mol. The second kappa shape index (κ2) is 12.2. The molecule has 0 saturated heterocycles. The predicted molar refractivity (Wildman–Crippen MR) is 163 cm³/mol. The van der Waals surface area contributed by atoms with Crippen LogP contribution in [0.1, 0.15) is 16.7 Å². The zero-order valence-electron chi connectivity index (χ0n) is 20.9. The second-order valence-corrected chi connectivity index (χ2v) is 10.1. The van der Waals surface area contributed by atoms with E-state index in [1.54, 1.807) is 13.3 Å². The maximum absolute atomic E-state index is 10.1. The molecule has 0 atom stereocenters. The summed E-state index contributed by atoms with van der Waals surface area (Å²) in [5.41, 5.74) is 4.62. The topological polar surface area (TPSA) is 67.8 Å². The van der Waals surface area contributed by atoms with Gasteiger partial charge in [0, 0.05) is 22.4 Å². The number of hydrogen-bond donors (Lipinski definition) is 0. The SMILES string of the molecule is COc1cc(C=Nc2oc(-c3ccccc3)c(-c3ccccc3)c2C#N)cc(I)c1OCc1ccc(Cl)cc1. The fraction of sp³-hybridized carbons (Fsp3) is 0.0625. The molecule has 0 fully saturated rings. The van der Waals surface area contributed by atoms with Gasteiger partial charge >= 0.3 is 0 Å². The Kier molecular flexibility index (Phi) is 8.30. The van der Waals surface area contributed by atoms with E-state index < -0.39 is 0 Å². The number of ether oxygens (including phenoxy) is 2. The van der Waals surface area contributed by atoms with Crippen molar-refractivity contribution in [2.45, 2.75) is 6.61 Å². The third-order valence-electron chi connectivity index (χ3n) is 5.98. The molecule has 0 unspecified atom stereocenters. The van der Waals surface area contributed by atoms with Gasteiger partial charge in [-0.3, -0.25) is 0 Å². The molecule has 1 aromatic heterocycles. The lowest BCUT2D eigenvalue weighted by Gasteiger charge is -2.13. The molecule has 0 radical (unpaired) electrons. The summed E-state index contributed by atoms with van der Waals surface area (Å²) < 4.78 is 18.8. The highest BCUT2D eigenvalue weighted by Crippen LogP contribution is 2.42. The Morgan fingerprint density at radius 1 is 0.949 bits per heavy atom. The van der Waals surface area contributed by atoms with Crippen LogP contribution in [-0.2, 0) is 6.61 Å². The first-order valence-corrected chi connectivity index (χ1v) is 13.5. The Bertz CT molecular complexity index is 1660. The second-order valence-electron chi connectivity index (χ2n) is 8.54. The van der Waals surface area contributed by atoms with Gasteiger partial charge in [0.2, 0.25) is 5.88 Å². The van der Waals surface area contributed by atoms with Crippen LogP contribution in [0.15, 0.2) is 106 Å². The summed E-state index contributed by atoms with van der Waals surface area (Å²) in [4.78, 5) is 4.60. The molecule has 5 rings (SSSR count). The maximum Gasteiger partial charge on any atom is 0.238 e. The molecule has 0 aliphatic rings. The summed E-state index contributed by atoms with van der Waals surface area (Å²) in [6.07, 6.45) is 1.66. The van der Waals surface area contributed by atoms with Crippen LogP contribution in [0.5, 0.6) is 11.5 Å². The molecule has 39 heavy (non-hydrogen) atoms. The van der Waals surface area contributed by atoms with Gasteiger partial charge in [-0.05, 0) is 63.5 Å². The highest BCUT2D eigenvalue weighted by Gasteiger charge is 2.22. The summed E-state index contributed by atoms with van der Waals surface area (Å²) in [5.74, 6) is 2.06. The molecule has 4 aromatic carbocycles. The van der Waals surface area contributed by atoms with Crippen LogP contribution in [0.3, 0.4) is 0 Å². The zero-order chi connectivity index (χ0) is 27.2. The summed E-state index contributed by atoms with van der Waals surface area (Å²) in [7, 11) is 1.60. The molecule has 7 heteroatoms. The standard InChI is InChI=1S/C32H22ClIN2O3/c1-37-28-17-22(16-27(34)31(28)38-20-21-12-14-25(33)15-13-21)19-36-32-26(18-35)29(23-8-4-2-5-9-23)30(39-32)24-10-6-3-7-11-24/h2-17,19H,20H2,1H3. The first kappa shape index (κ1) is 26.5. The Labute approximate surface area is 245 Å². The minimum Gasteiger partial charge on any atom is -0.493 e. The van der Waals surface area contributed by atoms with E-state index in [2.05, 4.69) is 33.7 Å². The van der Waals surface area contributed by atoms with E-state index in [9.17, 15) is 5.26 Å². The third kappa shape index (κ3) is 6.00. The summed E-state index contributed by atoms with van der Waals surface area (Å²) in [6, 6.07) is 33.1. The van der Waals surface area contributed by atoms with Gasteiger partial charge in [0.1, 0.15) is 24.0 Å². The van der Waals surface area contributed by atoms with Crippen LogP contribution in [0.2, 0.25) is 5.02 Å². The first-order chi connectivity index (χ1) is 19.1. The van der Waals surface area contributed by atoms with Crippen molar-refractivity contribution in [3.05, 3.63) is 122 Å². The number of benzene rings is 4. The number of nitriles is 1. The lowest BCUT2D eigenvalue weighted by Crippen LogP contribution is -2.00. The van der Waals surface area contributed by atoms with Crippen molar-refractivity contribution >= 4 is 46.3 Å². The molecule has 0 bridgehead atoms. The number of methoxy groups -OCH3 is 1. The van der Waals surface area contributed by atoms with E-state index in [0.29, 0.717) is 34.5 Å². The Balaban J connectivity index is 1.49. The molecular formula is C32H22ClIN2O3. The molecule has 5 nitrogen and oxygen atoms in total. The number of halogens is 2. The van der Waals surface area contributed by atoms with Crippen molar-refractivity contribution in [2.24, 2.45) is 4.99 Å². The van der Waals surface area contributed by atoms with E-state index >= 15 is 0 Å². The average Bonchev–Trinajstić information content (AvgIpc) is 3.35. The fourth-order valence-electron chi connectivity index (χ4n) is 4.11. The van der Waals surface area contributed by atoms with Gasteiger partial charge in [-0.1, -0.05) is 84.4 Å². The first-order valence-electron chi connectivity index (χ1n) is 12.0. The van der Waals surface area contributed by atoms with Gasteiger partial charge in [-0.15, -0.1) is 0 Å². The van der Waals surface area contributed by atoms with Crippen LogP contribution >= 0.6 is 34.2 Å². The van der Waals surface area contributed by atoms with Gasteiger partial charge in [-0.2, -0.15) is 5.26 Å². The zero-order valence-corrected chi connectivity index (χ0v) is 23.8. The van der Waals surface area contributed by atoms with Gasteiger partial charge < -0.3 is 13.9 Å². The number of aliphatic imine (C=N–C) groups is 1. The van der Waals surface area contributed by atoms with Crippen LogP contribution in [-0.4, -0.2) is 13.3 Å². The van der Waals surface area contributed by atoms with Crippen molar-refractivity contribution < 1.29 is 13.9 Å². The quantitative estimate of drug-likeness (QED) is 0.125. The van der Waals surface area contributed by atoms with E-state index in [1.807, 2.05) is 97.1 Å². The molecule has 0 saturated carbocycles. The molecule has 192 valence electrons. The van der Waals surface area contributed by atoms with E-state index in [1.165, 1.54) is 0 Å². The highest BCUT2D eigenvalue weighted by molar-refractivity contribution is 14.1. The summed E-state index contributed by atoms with van der Waals surface area (Å²) in [5, 5.41) is 10.8. The van der Waals surface area contributed by atoms with Crippen LogP contribution in [0, 0.1) is 14.9 Å². The van der Waals surface area contributed by atoms with Crippen molar-refractivity contribution in [3.8, 4) is 40.0 Å². The van der Waals surface area contributed by atoms with E-state index in [4.69, 9.17) is 25.5 Å². The summed E-state index contributed by atoms with van der Waals surface area (Å²) in [6.45, 7) is 0.374. The smallest absolute Gasteiger partial charge is 0.238 e. The Morgan fingerprint density at radius 2 is 1.62 bits per heavy atom. The van der Waals surface area contributed by atoms with Gasteiger partial charge in [-0.25, -0.2) is 4.99 Å². The molecule has 0 aliphatic heterocycles. The highest BCUT2D eigenvalue weighted by atomic mass is 127. The maximum atomic E-state index is 10.1. The van der Waals surface area contributed by atoms with Crippen LogP contribution in [0.4, 0.5) is 5.88 Å². The monoisotopic (exact) mass is 644 g/mol. The van der Waals surface area contributed by atoms with Crippen molar-refractivity contribution in [1.29, 1.82) is 5.26 Å². The van der Waals surface area contributed by atoms with Crippen molar-refractivity contribution in [2.75, 3.05) is 7.11 Å². The Morgan fingerprint density at radius 3 is 2.26 bits per heavy atom. The van der Waals surface area contributed by atoms with Crippen LogP contribution in [0.25, 0.3) is 22.5 Å². The van der Waals surface area contributed by atoms with E-state index in [-0.39, 0.29) is 5.88 Å². The lowest BCUT2D eigenvalue weighted by molar-refractivity contribution is 0.282. The third-order valence-corrected chi connectivity index (χ3v) is 7.03. The van der Waals surface area contributed by atoms with Crippen LogP contribution < -0.4 is 9.47 Å². The minimum absolute atomic E-state index is 0.243. The predicted octanol–water partition coefficient (Wildman–Crippen LogP) is 9.08. The van der Waals surface area contributed by atoms with Gasteiger partial charge in [0.15, 0.2) is 11.5 Å². The van der Waals surface area contributed by atoms with Gasteiger partial charge in [0.25, 0.3) is 0 Å². The average molecular weight is 645 g/mol. The van der Waals surface area contributed by atoms with Crippen molar-refractivity contribution in [3.63, 3.8) is 0 Å². The molecule has 0 N–H and O–H groups in total. The molecule has 0 aliphatic carbocycles. The molecule has 0 amide bonds. The molecule has 0 spiro atoms. The summed E-state index contributed by atoms with van der Waals surface area (Å²) >= 11 is 8.20. The fourth-order valence-corrected chi connectivity index (χ4v) is 5.02. The van der Waals surface area contributed by atoms with Crippen molar-refractivity contribution in [1.82, 2.24) is 0 Å². The largest absolute Gasteiger partial charge is 0.493 e. The minimum atomic E-state index is 0.243. The van der Waals surface area contributed by atoms with Gasteiger partial charge in [0.05, 0.1) is 10.7 Å². The normalized spacial score (nSPS) is 10.9. The molecule has 5 aromatic rings.